The number of benzene rings is 2. The van der Waals surface area contributed by atoms with Crippen LogP contribution < -0.4 is 15.6 Å². The Bertz CT molecular complexity index is 1290. The SMILES string of the molecule is COc1ccc(C2C3=C(CCCC3=O)Nc3nc(SCc4ccc(C)cc4)[nH]c(=O)c32)cc1. The van der Waals surface area contributed by atoms with Crippen LogP contribution in [0.1, 0.15) is 47.4 Å². The molecule has 0 amide bonds. The molecule has 0 fully saturated rings. The molecule has 5 rings (SSSR count). The van der Waals surface area contributed by atoms with E-state index in [2.05, 4.69) is 41.5 Å². The lowest BCUT2D eigenvalue weighted by atomic mass is 9.76. The highest BCUT2D eigenvalue weighted by atomic mass is 32.2. The molecule has 1 aliphatic carbocycles. The smallest absolute Gasteiger partial charge is 0.257 e. The number of hydrogen-bond donors (Lipinski definition) is 2. The predicted molar refractivity (Wildman–Crippen MR) is 130 cm³/mol. The van der Waals surface area contributed by atoms with Crippen molar-refractivity contribution in [3.63, 3.8) is 0 Å². The molecule has 2 heterocycles. The number of ether oxygens (including phenoxy) is 1. The number of aromatic amines is 1. The normalized spacial score (nSPS) is 17.3. The number of nitrogens with zero attached hydrogens (tertiary/aromatic N) is 1. The topological polar surface area (TPSA) is 84.1 Å². The molecular formula is C26H25N3O3S. The molecule has 2 aliphatic rings. The number of aromatic nitrogens is 2. The van der Waals surface area contributed by atoms with Crippen molar-refractivity contribution in [2.75, 3.05) is 12.4 Å². The van der Waals surface area contributed by atoms with Crippen molar-refractivity contribution in [3.8, 4) is 5.75 Å². The van der Waals surface area contributed by atoms with Crippen molar-refractivity contribution < 1.29 is 9.53 Å². The highest BCUT2D eigenvalue weighted by molar-refractivity contribution is 7.98. The standard InChI is InChI=1S/C26H25N3O3S/c1-15-6-8-16(9-7-15)14-33-26-28-24-23(25(31)29-26)21(17-10-12-18(32-2)13-11-17)22-19(27-24)4-3-5-20(22)30/h6-13,21H,3-5,14H2,1-2H3,(H2,27,28,29,31). The third-order valence-electron chi connectivity index (χ3n) is 6.18. The van der Waals surface area contributed by atoms with E-state index in [9.17, 15) is 9.59 Å². The number of hydrogen-bond acceptors (Lipinski definition) is 6. The summed E-state index contributed by atoms with van der Waals surface area (Å²) < 4.78 is 5.29. The van der Waals surface area contributed by atoms with Crippen LogP contribution >= 0.6 is 11.8 Å². The molecule has 0 saturated heterocycles. The van der Waals surface area contributed by atoms with Crippen molar-refractivity contribution >= 4 is 23.4 Å². The molecule has 1 unspecified atom stereocenters. The molecule has 7 heteroatoms. The summed E-state index contributed by atoms with van der Waals surface area (Å²) in [5, 5.41) is 3.89. The number of thioether (sulfide) groups is 1. The van der Waals surface area contributed by atoms with Gasteiger partial charge < -0.3 is 15.0 Å². The quantitative estimate of drug-likeness (QED) is 0.415. The molecule has 1 aromatic heterocycles. The maximum absolute atomic E-state index is 13.3. The number of nitrogens with one attached hydrogen (secondary N) is 2. The second-order valence-electron chi connectivity index (χ2n) is 8.41. The zero-order chi connectivity index (χ0) is 22.9. The Labute approximate surface area is 196 Å². The molecule has 2 aromatic carbocycles. The van der Waals surface area contributed by atoms with Gasteiger partial charge in [-0.1, -0.05) is 53.7 Å². The number of aryl methyl sites for hydroxylation is 1. The van der Waals surface area contributed by atoms with Crippen molar-refractivity contribution in [3.05, 3.63) is 92.4 Å². The molecule has 3 aromatic rings. The predicted octanol–water partition coefficient (Wildman–Crippen LogP) is 4.94. The molecule has 33 heavy (non-hydrogen) atoms. The molecule has 0 bridgehead atoms. The Morgan fingerprint density at radius 3 is 2.55 bits per heavy atom. The van der Waals surface area contributed by atoms with Crippen LogP contribution in [0.15, 0.2) is 69.8 Å². The minimum Gasteiger partial charge on any atom is -0.497 e. The van der Waals surface area contributed by atoms with Gasteiger partial charge in [0.2, 0.25) is 0 Å². The lowest BCUT2D eigenvalue weighted by Crippen LogP contribution is -2.32. The molecule has 1 atom stereocenters. The van der Waals surface area contributed by atoms with Crippen molar-refractivity contribution in [2.45, 2.75) is 43.0 Å². The highest BCUT2D eigenvalue weighted by Crippen LogP contribution is 2.43. The van der Waals surface area contributed by atoms with Gasteiger partial charge >= 0.3 is 0 Å². The van der Waals surface area contributed by atoms with Crippen LogP contribution in [0.4, 0.5) is 5.82 Å². The molecule has 6 nitrogen and oxygen atoms in total. The summed E-state index contributed by atoms with van der Waals surface area (Å²) in [6.07, 6.45) is 2.07. The second kappa shape index (κ2) is 8.90. The first-order chi connectivity index (χ1) is 16.0. The number of fused-ring (bicyclic) bond motifs is 1. The van der Waals surface area contributed by atoms with Crippen LogP contribution in [0, 0.1) is 6.92 Å². The van der Waals surface area contributed by atoms with Crippen LogP contribution in [-0.4, -0.2) is 22.9 Å². The molecule has 2 N–H and O–H groups in total. The van der Waals surface area contributed by atoms with Gasteiger partial charge in [-0.05, 0) is 43.0 Å². The van der Waals surface area contributed by atoms with Gasteiger partial charge in [-0.3, -0.25) is 9.59 Å². The average molecular weight is 460 g/mol. The van der Waals surface area contributed by atoms with Gasteiger partial charge in [0.25, 0.3) is 5.56 Å². The number of carbonyl (C=O) groups excluding carboxylic acids is 1. The van der Waals surface area contributed by atoms with Crippen LogP contribution in [-0.2, 0) is 10.5 Å². The van der Waals surface area contributed by atoms with Crippen LogP contribution in [0.5, 0.6) is 5.75 Å². The molecular weight excluding hydrogens is 434 g/mol. The van der Waals surface area contributed by atoms with E-state index >= 15 is 0 Å². The van der Waals surface area contributed by atoms with Gasteiger partial charge in [0, 0.05) is 29.4 Å². The van der Waals surface area contributed by atoms with Gasteiger partial charge in [-0.2, -0.15) is 0 Å². The first kappa shape index (κ1) is 21.5. The number of Topliss-reactive ketones (excluding diaryl/α,β-unsaturated/α-hetero) is 1. The number of rotatable bonds is 5. The van der Waals surface area contributed by atoms with Crippen LogP contribution in [0.25, 0.3) is 0 Å². The Morgan fingerprint density at radius 1 is 1.06 bits per heavy atom. The third kappa shape index (κ3) is 4.20. The Hall–Kier alpha value is -3.32. The maximum Gasteiger partial charge on any atom is 0.257 e. The van der Waals surface area contributed by atoms with Crippen molar-refractivity contribution in [2.24, 2.45) is 0 Å². The third-order valence-corrected chi connectivity index (χ3v) is 7.13. The number of ketones is 1. The van der Waals surface area contributed by atoms with Gasteiger partial charge in [0.1, 0.15) is 11.6 Å². The number of methoxy groups -OCH3 is 1. The summed E-state index contributed by atoms with van der Waals surface area (Å²) in [5.41, 5.74) is 5.10. The Balaban J connectivity index is 1.54. The summed E-state index contributed by atoms with van der Waals surface area (Å²) in [6, 6.07) is 15.9. The zero-order valence-electron chi connectivity index (χ0n) is 18.6. The molecule has 168 valence electrons. The molecule has 0 saturated carbocycles. The summed E-state index contributed by atoms with van der Waals surface area (Å²) in [5.74, 6) is 1.62. The first-order valence-corrected chi connectivity index (χ1v) is 12.0. The highest BCUT2D eigenvalue weighted by Gasteiger charge is 2.37. The van der Waals surface area contributed by atoms with E-state index in [0.717, 1.165) is 35.4 Å². The first-order valence-electron chi connectivity index (χ1n) is 11.0. The number of allylic oxidation sites excluding steroid dienone is 2. The monoisotopic (exact) mass is 459 g/mol. The fourth-order valence-electron chi connectivity index (χ4n) is 4.47. The van der Waals surface area contributed by atoms with E-state index in [1.54, 1.807) is 7.11 Å². The number of H-pyrrole nitrogens is 1. The molecule has 1 aliphatic heterocycles. The van der Waals surface area contributed by atoms with E-state index in [1.165, 1.54) is 17.3 Å². The van der Waals surface area contributed by atoms with E-state index in [-0.39, 0.29) is 11.3 Å². The van der Waals surface area contributed by atoms with E-state index < -0.39 is 5.92 Å². The number of carbonyl (C=O) groups is 1. The number of anilines is 1. The molecule has 0 radical (unpaired) electrons. The van der Waals surface area contributed by atoms with Crippen LogP contribution in [0.3, 0.4) is 0 Å². The summed E-state index contributed by atoms with van der Waals surface area (Å²) in [6.45, 7) is 2.06. The maximum atomic E-state index is 13.3. The van der Waals surface area contributed by atoms with E-state index in [0.29, 0.717) is 34.3 Å². The fourth-order valence-corrected chi connectivity index (χ4v) is 5.29. The van der Waals surface area contributed by atoms with Gasteiger partial charge in [-0.25, -0.2) is 4.98 Å². The largest absolute Gasteiger partial charge is 0.497 e. The summed E-state index contributed by atoms with van der Waals surface area (Å²) >= 11 is 1.49. The molecule has 0 spiro atoms. The minimum atomic E-state index is -0.442. The average Bonchev–Trinajstić information content (AvgIpc) is 2.83. The Morgan fingerprint density at radius 2 is 1.82 bits per heavy atom. The summed E-state index contributed by atoms with van der Waals surface area (Å²) in [7, 11) is 1.62. The van der Waals surface area contributed by atoms with E-state index in [4.69, 9.17) is 9.72 Å². The zero-order valence-corrected chi connectivity index (χ0v) is 19.4. The van der Waals surface area contributed by atoms with E-state index in [1.807, 2.05) is 24.3 Å². The van der Waals surface area contributed by atoms with Crippen molar-refractivity contribution in [1.29, 1.82) is 0 Å². The fraction of sp³-hybridized carbons (Fsp3) is 0.269. The summed E-state index contributed by atoms with van der Waals surface area (Å²) in [4.78, 5) is 34.0. The minimum absolute atomic E-state index is 0.0902. The second-order valence-corrected chi connectivity index (χ2v) is 9.37. The van der Waals surface area contributed by atoms with Gasteiger partial charge in [0.15, 0.2) is 10.9 Å². The Kier molecular flexibility index (Phi) is 5.81. The van der Waals surface area contributed by atoms with Gasteiger partial charge in [0.05, 0.1) is 12.7 Å². The lowest BCUT2D eigenvalue weighted by Gasteiger charge is -2.32. The lowest BCUT2D eigenvalue weighted by molar-refractivity contribution is -0.116. The van der Waals surface area contributed by atoms with Crippen LogP contribution in [0.2, 0.25) is 0 Å². The van der Waals surface area contributed by atoms with Crippen molar-refractivity contribution in [1.82, 2.24) is 9.97 Å². The van der Waals surface area contributed by atoms with Gasteiger partial charge in [-0.15, -0.1) is 0 Å².